The second-order valence-electron chi connectivity index (χ2n) is 3.77. The summed E-state index contributed by atoms with van der Waals surface area (Å²) in [5.74, 6) is 0.0875. The number of fused-ring (bicyclic) bond motifs is 1. The van der Waals surface area contributed by atoms with Crippen molar-refractivity contribution in [3.8, 4) is 0 Å². The van der Waals surface area contributed by atoms with Crippen LogP contribution in [0.25, 0.3) is 0 Å². The first-order chi connectivity index (χ1) is 6.01. The average molecular weight is 287 g/mol. The third-order valence-corrected chi connectivity index (χ3v) is 3.14. The maximum atomic E-state index is 11.6. The SMILES string of the molecule is CC1(C)C(=O)Nc2ccc(I)cc21. The molecule has 1 aromatic rings. The second-order valence-corrected chi connectivity index (χ2v) is 5.01. The molecule has 0 radical (unpaired) electrons. The lowest BCUT2D eigenvalue weighted by molar-refractivity contribution is -0.119. The number of amides is 1. The summed E-state index contributed by atoms with van der Waals surface area (Å²) in [4.78, 5) is 11.6. The summed E-state index contributed by atoms with van der Waals surface area (Å²) in [6.45, 7) is 3.90. The van der Waals surface area contributed by atoms with Gasteiger partial charge in [-0.05, 0) is 60.2 Å². The van der Waals surface area contributed by atoms with Gasteiger partial charge < -0.3 is 5.32 Å². The van der Waals surface area contributed by atoms with Crippen molar-refractivity contribution in [3.05, 3.63) is 27.3 Å². The topological polar surface area (TPSA) is 29.1 Å². The van der Waals surface area contributed by atoms with Gasteiger partial charge in [-0.1, -0.05) is 0 Å². The molecule has 0 bridgehead atoms. The number of hydrogen-bond acceptors (Lipinski definition) is 1. The van der Waals surface area contributed by atoms with Gasteiger partial charge in [-0.2, -0.15) is 0 Å². The fourth-order valence-corrected chi connectivity index (χ4v) is 2.03. The Hall–Kier alpha value is -0.580. The molecule has 3 heteroatoms. The Kier molecular flexibility index (Phi) is 1.87. The summed E-state index contributed by atoms with van der Waals surface area (Å²) in [7, 11) is 0. The molecule has 2 rings (SSSR count). The van der Waals surface area contributed by atoms with Gasteiger partial charge in [0, 0.05) is 9.26 Å². The molecule has 1 heterocycles. The molecule has 0 aromatic heterocycles. The molecule has 0 saturated carbocycles. The van der Waals surface area contributed by atoms with Crippen molar-refractivity contribution in [2.24, 2.45) is 0 Å². The molecule has 1 aliphatic rings. The molecule has 1 N–H and O–H groups in total. The summed E-state index contributed by atoms with van der Waals surface area (Å²) in [6.07, 6.45) is 0. The molecule has 0 fully saturated rings. The highest BCUT2D eigenvalue weighted by Gasteiger charge is 2.38. The van der Waals surface area contributed by atoms with Crippen molar-refractivity contribution >= 4 is 34.2 Å². The molecule has 1 aliphatic heterocycles. The van der Waals surface area contributed by atoms with Gasteiger partial charge in [0.25, 0.3) is 0 Å². The third-order valence-electron chi connectivity index (χ3n) is 2.47. The highest BCUT2D eigenvalue weighted by Crippen LogP contribution is 2.37. The largest absolute Gasteiger partial charge is 0.325 e. The normalized spacial score (nSPS) is 18.2. The highest BCUT2D eigenvalue weighted by atomic mass is 127. The highest BCUT2D eigenvalue weighted by molar-refractivity contribution is 14.1. The monoisotopic (exact) mass is 287 g/mol. The first kappa shape index (κ1) is 8.99. The molecule has 1 amide bonds. The summed E-state index contributed by atoms with van der Waals surface area (Å²) in [5, 5.41) is 2.87. The van der Waals surface area contributed by atoms with Gasteiger partial charge in [0.2, 0.25) is 5.91 Å². The van der Waals surface area contributed by atoms with Crippen LogP contribution in [0.5, 0.6) is 0 Å². The van der Waals surface area contributed by atoms with E-state index in [1.807, 2.05) is 26.0 Å². The Morgan fingerprint density at radius 2 is 2.08 bits per heavy atom. The lowest BCUT2D eigenvalue weighted by atomic mass is 9.86. The lowest BCUT2D eigenvalue weighted by Crippen LogP contribution is -2.26. The van der Waals surface area contributed by atoms with Crippen molar-refractivity contribution < 1.29 is 4.79 Å². The maximum absolute atomic E-state index is 11.6. The molecule has 0 aliphatic carbocycles. The predicted octanol–water partition coefficient (Wildman–Crippen LogP) is 2.52. The van der Waals surface area contributed by atoms with E-state index in [4.69, 9.17) is 0 Å². The van der Waals surface area contributed by atoms with E-state index in [1.54, 1.807) is 0 Å². The number of nitrogens with one attached hydrogen (secondary N) is 1. The summed E-state index contributed by atoms with van der Waals surface area (Å²) in [6, 6.07) is 6.03. The van der Waals surface area contributed by atoms with Crippen LogP contribution in [-0.4, -0.2) is 5.91 Å². The third kappa shape index (κ3) is 1.25. The fraction of sp³-hybridized carbons (Fsp3) is 0.300. The zero-order valence-corrected chi connectivity index (χ0v) is 9.68. The van der Waals surface area contributed by atoms with Crippen molar-refractivity contribution in [1.82, 2.24) is 0 Å². The van der Waals surface area contributed by atoms with Crippen molar-refractivity contribution in [2.45, 2.75) is 19.3 Å². The van der Waals surface area contributed by atoms with E-state index in [-0.39, 0.29) is 11.3 Å². The smallest absolute Gasteiger partial charge is 0.234 e. The summed E-state index contributed by atoms with van der Waals surface area (Å²) < 4.78 is 1.17. The van der Waals surface area contributed by atoms with Crippen LogP contribution in [0.2, 0.25) is 0 Å². The molecular formula is C10H10INO. The van der Waals surface area contributed by atoms with Gasteiger partial charge in [-0.3, -0.25) is 4.79 Å². The Labute approximate surface area is 90.9 Å². The fourth-order valence-electron chi connectivity index (χ4n) is 1.54. The predicted molar refractivity (Wildman–Crippen MR) is 60.8 cm³/mol. The van der Waals surface area contributed by atoms with Crippen LogP contribution >= 0.6 is 22.6 Å². The van der Waals surface area contributed by atoms with E-state index in [0.29, 0.717) is 0 Å². The molecule has 0 atom stereocenters. The Morgan fingerprint density at radius 1 is 1.38 bits per heavy atom. The number of halogens is 1. The Balaban J connectivity index is 2.64. The Bertz CT molecular complexity index is 385. The minimum absolute atomic E-state index is 0.0875. The molecule has 2 nitrogen and oxygen atoms in total. The first-order valence-electron chi connectivity index (χ1n) is 4.13. The number of hydrogen-bond donors (Lipinski definition) is 1. The van der Waals surface area contributed by atoms with Gasteiger partial charge in [-0.25, -0.2) is 0 Å². The van der Waals surface area contributed by atoms with E-state index < -0.39 is 0 Å². The van der Waals surface area contributed by atoms with Gasteiger partial charge >= 0.3 is 0 Å². The van der Waals surface area contributed by atoms with Crippen molar-refractivity contribution in [2.75, 3.05) is 5.32 Å². The van der Waals surface area contributed by atoms with E-state index in [2.05, 4.69) is 34.0 Å². The summed E-state index contributed by atoms with van der Waals surface area (Å²) >= 11 is 2.26. The molecule has 0 spiro atoms. The summed E-state index contributed by atoms with van der Waals surface area (Å²) in [5.41, 5.74) is 1.68. The van der Waals surface area contributed by atoms with Crippen LogP contribution in [0.1, 0.15) is 19.4 Å². The average Bonchev–Trinajstić information content (AvgIpc) is 2.27. The zero-order valence-electron chi connectivity index (χ0n) is 7.52. The molecule has 0 unspecified atom stereocenters. The van der Waals surface area contributed by atoms with Gasteiger partial charge in [0.05, 0.1) is 5.41 Å². The minimum Gasteiger partial charge on any atom is -0.325 e. The van der Waals surface area contributed by atoms with Gasteiger partial charge in [-0.15, -0.1) is 0 Å². The van der Waals surface area contributed by atoms with Crippen LogP contribution in [-0.2, 0) is 10.2 Å². The molecule has 1 aromatic carbocycles. The maximum Gasteiger partial charge on any atom is 0.234 e. The first-order valence-corrected chi connectivity index (χ1v) is 5.21. The van der Waals surface area contributed by atoms with Crippen LogP contribution in [0, 0.1) is 3.57 Å². The van der Waals surface area contributed by atoms with E-state index in [0.717, 1.165) is 11.3 Å². The van der Waals surface area contributed by atoms with Gasteiger partial charge in [0.15, 0.2) is 0 Å². The van der Waals surface area contributed by atoms with Crippen LogP contribution in [0.4, 0.5) is 5.69 Å². The number of carbonyl (C=O) groups is 1. The number of benzene rings is 1. The molecule has 68 valence electrons. The number of anilines is 1. The van der Waals surface area contributed by atoms with Crippen molar-refractivity contribution in [1.29, 1.82) is 0 Å². The van der Waals surface area contributed by atoms with E-state index in [9.17, 15) is 4.79 Å². The van der Waals surface area contributed by atoms with E-state index >= 15 is 0 Å². The number of carbonyl (C=O) groups excluding carboxylic acids is 1. The standard InChI is InChI=1S/C10H10INO/c1-10(2)7-5-6(11)3-4-8(7)12-9(10)13/h3-5H,1-2H3,(H,12,13). The van der Waals surface area contributed by atoms with Gasteiger partial charge in [0.1, 0.15) is 0 Å². The minimum atomic E-state index is -0.378. The van der Waals surface area contributed by atoms with Crippen LogP contribution < -0.4 is 5.32 Å². The quantitative estimate of drug-likeness (QED) is 0.730. The molecule has 13 heavy (non-hydrogen) atoms. The van der Waals surface area contributed by atoms with Crippen molar-refractivity contribution in [3.63, 3.8) is 0 Å². The Morgan fingerprint density at radius 3 is 2.77 bits per heavy atom. The van der Waals surface area contributed by atoms with E-state index in [1.165, 1.54) is 3.57 Å². The van der Waals surface area contributed by atoms with Crippen LogP contribution in [0.15, 0.2) is 18.2 Å². The van der Waals surface area contributed by atoms with Crippen LogP contribution in [0.3, 0.4) is 0 Å². The second kappa shape index (κ2) is 2.70. The molecular weight excluding hydrogens is 277 g/mol. The lowest BCUT2D eigenvalue weighted by Gasteiger charge is -2.14. The number of rotatable bonds is 0. The molecule has 0 saturated heterocycles. The zero-order chi connectivity index (χ0) is 9.64.